The van der Waals surface area contributed by atoms with Crippen molar-refractivity contribution < 1.29 is 17.9 Å². The Morgan fingerprint density at radius 1 is 1.15 bits per heavy atom. The van der Waals surface area contributed by atoms with Gasteiger partial charge in [0.25, 0.3) is 0 Å². The van der Waals surface area contributed by atoms with E-state index in [9.17, 15) is 13.2 Å². The Morgan fingerprint density at radius 3 is 2.68 bits per heavy atom. The highest BCUT2D eigenvalue weighted by Gasteiger charge is 2.37. The zero-order chi connectivity index (χ0) is 24.0. The lowest BCUT2D eigenvalue weighted by Gasteiger charge is -2.26. The third kappa shape index (κ3) is 4.11. The minimum absolute atomic E-state index is 0.246. The van der Waals surface area contributed by atoms with Gasteiger partial charge in [-0.15, -0.1) is 0 Å². The summed E-state index contributed by atoms with van der Waals surface area (Å²) >= 11 is 3.17. The Bertz CT molecular complexity index is 1360. The molecule has 6 nitrogen and oxygen atoms in total. The average molecular weight is 532 g/mol. The van der Waals surface area contributed by atoms with Gasteiger partial charge in [-0.3, -0.25) is 4.57 Å². The molecule has 0 N–H and O–H groups in total. The lowest BCUT2D eigenvalue weighted by molar-refractivity contribution is -0.138. The lowest BCUT2D eigenvalue weighted by Crippen LogP contribution is -2.20. The largest absolute Gasteiger partial charge is 0.493 e. The zero-order valence-corrected chi connectivity index (χ0v) is 20.1. The number of nitrogens with zero attached hydrogens (tertiary/aromatic N) is 5. The van der Waals surface area contributed by atoms with Crippen LogP contribution < -0.4 is 4.74 Å². The lowest BCUT2D eigenvalue weighted by atomic mass is 9.87. The average Bonchev–Trinajstić information content (AvgIpc) is 3.44. The summed E-state index contributed by atoms with van der Waals surface area (Å²) in [6.45, 7) is 2.59. The van der Waals surface area contributed by atoms with Crippen LogP contribution in [0, 0.1) is 6.92 Å². The van der Waals surface area contributed by atoms with Crippen LogP contribution in [0.1, 0.15) is 41.4 Å². The van der Waals surface area contributed by atoms with E-state index in [4.69, 9.17) is 9.72 Å². The summed E-state index contributed by atoms with van der Waals surface area (Å²) in [5.74, 6) is 1.32. The van der Waals surface area contributed by atoms with E-state index in [1.54, 1.807) is 36.3 Å². The van der Waals surface area contributed by atoms with Crippen LogP contribution in [0.25, 0.3) is 17.1 Å². The van der Waals surface area contributed by atoms with Crippen molar-refractivity contribution in [1.82, 2.24) is 24.1 Å². The highest BCUT2D eigenvalue weighted by atomic mass is 79.9. The highest BCUT2D eigenvalue weighted by Crippen LogP contribution is 2.42. The van der Waals surface area contributed by atoms with E-state index in [1.807, 2.05) is 30.0 Å². The number of aromatic nitrogens is 5. The molecule has 4 aromatic rings. The number of benzene rings is 1. The van der Waals surface area contributed by atoms with Crippen molar-refractivity contribution in [2.45, 2.75) is 38.4 Å². The second-order valence-electron chi connectivity index (χ2n) is 8.27. The van der Waals surface area contributed by atoms with Crippen molar-refractivity contribution in [3.63, 3.8) is 0 Å². The number of ether oxygens (including phenoxy) is 1. The van der Waals surface area contributed by atoms with E-state index in [0.717, 1.165) is 23.7 Å². The van der Waals surface area contributed by atoms with Gasteiger partial charge in [0.05, 0.1) is 24.1 Å². The van der Waals surface area contributed by atoms with Crippen LogP contribution in [0.15, 0.2) is 53.7 Å². The Morgan fingerprint density at radius 2 is 1.97 bits per heavy atom. The molecular formula is C24H21BrF3N5O. The third-order valence-corrected chi connectivity index (χ3v) is 6.51. The second kappa shape index (κ2) is 8.57. The Balaban J connectivity index is 1.55. The first kappa shape index (κ1) is 22.6. The van der Waals surface area contributed by atoms with E-state index < -0.39 is 17.7 Å². The summed E-state index contributed by atoms with van der Waals surface area (Å²) in [4.78, 5) is 13.5. The van der Waals surface area contributed by atoms with Gasteiger partial charge < -0.3 is 9.30 Å². The number of rotatable bonds is 4. The molecular weight excluding hydrogens is 511 g/mol. The summed E-state index contributed by atoms with van der Waals surface area (Å²) < 4.78 is 51.1. The van der Waals surface area contributed by atoms with Crippen LogP contribution in [0.5, 0.6) is 5.75 Å². The molecule has 0 saturated heterocycles. The van der Waals surface area contributed by atoms with Crippen molar-refractivity contribution in [2.75, 3.05) is 7.11 Å². The summed E-state index contributed by atoms with van der Waals surface area (Å²) in [7, 11) is 1.56. The molecule has 5 rings (SSSR count). The van der Waals surface area contributed by atoms with Crippen LogP contribution in [0.2, 0.25) is 0 Å². The predicted octanol–water partition coefficient (Wildman–Crippen LogP) is 6.15. The topological polar surface area (TPSA) is 57.8 Å². The minimum Gasteiger partial charge on any atom is -0.493 e. The van der Waals surface area contributed by atoms with Gasteiger partial charge in [0, 0.05) is 41.1 Å². The Hall–Kier alpha value is -3.14. The predicted molar refractivity (Wildman–Crippen MR) is 124 cm³/mol. The maximum atomic E-state index is 13.8. The maximum Gasteiger partial charge on any atom is 0.416 e. The molecule has 1 atom stereocenters. The van der Waals surface area contributed by atoms with Crippen molar-refractivity contribution in [2.24, 2.45) is 0 Å². The molecule has 0 spiro atoms. The van der Waals surface area contributed by atoms with Crippen molar-refractivity contribution >= 4 is 15.9 Å². The summed E-state index contributed by atoms with van der Waals surface area (Å²) in [6, 6.07) is 6.18. The number of halogens is 4. The summed E-state index contributed by atoms with van der Waals surface area (Å²) in [6.07, 6.45) is 4.00. The van der Waals surface area contributed by atoms with E-state index >= 15 is 0 Å². The highest BCUT2D eigenvalue weighted by molar-refractivity contribution is 9.10. The van der Waals surface area contributed by atoms with Gasteiger partial charge >= 0.3 is 6.18 Å². The molecule has 0 fully saturated rings. The van der Waals surface area contributed by atoms with Crippen LogP contribution >= 0.6 is 15.9 Å². The van der Waals surface area contributed by atoms with Crippen LogP contribution in [-0.4, -0.2) is 31.2 Å². The fourth-order valence-electron chi connectivity index (χ4n) is 4.45. The first-order chi connectivity index (χ1) is 16.2. The molecule has 34 heavy (non-hydrogen) atoms. The SMILES string of the molecule is COc1cc(-c2cn3c(n2)[C@@H](c2ccc(Br)cc2C(F)(F)F)CCC3)cnc1-n1cnc(C)c1. The molecule has 4 heterocycles. The molecule has 1 aromatic carbocycles. The first-order valence-electron chi connectivity index (χ1n) is 10.7. The maximum absolute atomic E-state index is 13.8. The van der Waals surface area contributed by atoms with Gasteiger partial charge in [-0.05, 0) is 43.5 Å². The molecule has 176 valence electrons. The van der Waals surface area contributed by atoms with E-state index in [0.29, 0.717) is 40.5 Å². The molecule has 0 aliphatic carbocycles. The number of aryl methyl sites for hydroxylation is 2. The van der Waals surface area contributed by atoms with Gasteiger partial charge in [0.15, 0.2) is 11.6 Å². The molecule has 0 bridgehead atoms. The number of methoxy groups -OCH3 is 1. The number of alkyl halides is 3. The normalized spacial score (nSPS) is 15.9. The molecule has 0 unspecified atom stereocenters. The number of pyridine rings is 1. The van der Waals surface area contributed by atoms with E-state index in [1.165, 1.54) is 0 Å². The van der Waals surface area contributed by atoms with Crippen LogP contribution in [0.4, 0.5) is 13.2 Å². The van der Waals surface area contributed by atoms with Crippen molar-refractivity contribution in [3.05, 3.63) is 76.3 Å². The number of hydrogen-bond acceptors (Lipinski definition) is 4. The van der Waals surface area contributed by atoms with E-state index in [2.05, 4.69) is 25.9 Å². The van der Waals surface area contributed by atoms with Gasteiger partial charge in [-0.2, -0.15) is 13.2 Å². The molecule has 0 saturated carbocycles. The summed E-state index contributed by atoms with van der Waals surface area (Å²) in [5.41, 5.74) is 1.84. The fourth-order valence-corrected chi connectivity index (χ4v) is 4.81. The van der Waals surface area contributed by atoms with Crippen molar-refractivity contribution in [1.29, 1.82) is 0 Å². The molecule has 1 aliphatic rings. The smallest absolute Gasteiger partial charge is 0.416 e. The van der Waals surface area contributed by atoms with Crippen molar-refractivity contribution in [3.8, 4) is 22.8 Å². The van der Waals surface area contributed by atoms with Gasteiger partial charge in [-0.25, -0.2) is 15.0 Å². The van der Waals surface area contributed by atoms with Gasteiger partial charge in [0.2, 0.25) is 0 Å². The first-order valence-corrected chi connectivity index (χ1v) is 11.5. The molecule has 0 amide bonds. The number of fused-ring (bicyclic) bond motifs is 1. The molecule has 0 radical (unpaired) electrons. The Kier molecular flexibility index (Phi) is 5.71. The third-order valence-electron chi connectivity index (χ3n) is 6.01. The van der Waals surface area contributed by atoms with Gasteiger partial charge in [0.1, 0.15) is 12.2 Å². The monoisotopic (exact) mass is 531 g/mol. The number of hydrogen-bond donors (Lipinski definition) is 0. The fraction of sp³-hybridized carbons (Fsp3) is 0.292. The standard InChI is InChI=1S/C24H21BrF3N5O/c1-14-11-33(13-30-14)23-21(34-2)8-15(10-29-23)20-12-32-7-3-4-18(22(32)31-20)17-6-5-16(25)9-19(17)24(26,27)28/h5-6,8-13,18H,3-4,7H2,1-2H3/t18-/m1/s1. The Labute approximate surface area is 202 Å². The quantitative estimate of drug-likeness (QED) is 0.316. The molecule has 1 aliphatic heterocycles. The zero-order valence-electron chi connectivity index (χ0n) is 18.5. The van der Waals surface area contributed by atoms with Gasteiger partial charge in [-0.1, -0.05) is 22.0 Å². The number of imidazole rings is 2. The molecule has 3 aromatic heterocycles. The summed E-state index contributed by atoms with van der Waals surface area (Å²) in [5, 5.41) is 0. The van der Waals surface area contributed by atoms with Crippen LogP contribution in [0.3, 0.4) is 0 Å². The van der Waals surface area contributed by atoms with E-state index in [-0.39, 0.29) is 5.56 Å². The second-order valence-corrected chi connectivity index (χ2v) is 9.19. The minimum atomic E-state index is -4.45. The molecule has 10 heteroatoms. The van der Waals surface area contributed by atoms with Crippen LogP contribution in [-0.2, 0) is 12.7 Å².